The van der Waals surface area contributed by atoms with Crippen molar-refractivity contribution >= 4 is 17.4 Å². The molecule has 4 heteroatoms. The van der Waals surface area contributed by atoms with Crippen molar-refractivity contribution in [3.63, 3.8) is 0 Å². The summed E-state index contributed by atoms with van der Waals surface area (Å²) in [7, 11) is 1.59. The first-order valence-corrected chi connectivity index (χ1v) is 8.54. The molecule has 2 heterocycles. The number of benzene rings is 2. The molecule has 2 aliphatic heterocycles. The van der Waals surface area contributed by atoms with E-state index < -0.39 is 5.41 Å². The highest BCUT2D eigenvalue weighted by atomic mass is 16.6. The van der Waals surface area contributed by atoms with Gasteiger partial charge in [0.15, 0.2) is 0 Å². The van der Waals surface area contributed by atoms with Crippen LogP contribution in [0.1, 0.15) is 33.2 Å². The average Bonchev–Trinajstić information content (AvgIpc) is 3.40. The van der Waals surface area contributed by atoms with E-state index in [1.54, 1.807) is 7.05 Å². The topological polar surface area (TPSA) is 49.9 Å². The summed E-state index contributed by atoms with van der Waals surface area (Å²) in [5.74, 6) is -0.341. The minimum Gasteiger partial charge on any atom is -0.364 e. The number of epoxide rings is 1. The number of nitrogens with zero attached hydrogens (tertiary/aromatic N) is 1. The van der Waals surface area contributed by atoms with Crippen molar-refractivity contribution in [3.8, 4) is 0 Å². The fraction of sp³-hybridized carbons (Fsp3) is 0.238. The van der Waals surface area contributed by atoms with Crippen LogP contribution >= 0.6 is 0 Å². The quantitative estimate of drug-likeness (QED) is 0.597. The van der Waals surface area contributed by atoms with Crippen LogP contribution in [0.4, 0.5) is 0 Å². The van der Waals surface area contributed by atoms with Crippen LogP contribution in [0.3, 0.4) is 0 Å². The Balaban J connectivity index is 1.71. The zero-order valence-electron chi connectivity index (χ0n) is 13.6. The third-order valence-electron chi connectivity index (χ3n) is 6.21. The second kappa shape index (κ2) is 4.09. The van der Waals surface area contributed by atoms with Gasteiger partial charge in [-0.3, -0.25) is 14.5 Å². The van der Waals surface area contributed by atoms with E-state index in [-0.39, 0.29) is 29.9 Å². The number of carbonyl (C=O) groups excluding carboxylic acids is 2. The number of hydrogen-bond donors (Lipinski definition) is 0. The van der Waals surface area contributed by atoms with Gasteiger partial charge < -0.3 is 4.74 Å². The molecule has 0 aromatic heterocycles. The first-order chi connectivity index (χ1) is 12.2. The Hall–Kier alpha value is -2.72. The van der Waals surface area contributed by atoms with Gasteiger partial charge in [-0.25, -0.2) is 0 Å². The van der Waals surface area contributed by atoms with Gasteiger partial charge in [0.2, 0.25) is 5.91 Å². The lowest BCUT2D eigenvalue weighted by Gasteiger charge is -2.53. The first-order valence-electron chi connectivity index (χ1n) is 8.54. The fourth-order valence-corrected chi connectivity index (χ4v) is 5.08. The van der Waals surface area contributed by atoms with Gasteiger partial charge in [0.05, 0.1) is 6.10 Å². The molecule has 2 amide bonds. The maximum atomic E-state index is 13.5. The minimum absolute atomic E-state index is 0.00408. The van der Waals surface area contributed by atoms with Gasteiger partial charge in [-0.2, -0.15) is 0 Å². The van der Waals surface area contributed by atoms with E-state index in [0.717, 1.165) is 22.3 Å². The predicted molar refractivity (Wildman–Crippen MR) is 90.7 cm³/mol. The fourth-order valence-electron chi connectivity index (χ4n) is 5.08. The number of ether oxygens (including phenoxy) is 1. The molecule has 122 valence electrons. The summed E-state index contributed by atoms with van der Waals surface area (Å²) in [6.45, 7) is 0. The molecule has 0 saturated carbocycles. The summed E-state index contributed by atoms with van der Waals surface area (Å²) in [5, 5.41) is 0. The summed E-state index contributed by atoms with van der Waals surface area (Å²) in [6, 6.07) is 15.7. The van der Waals surface area contributed by atoms with Crippen molar-refractivity contribution in [2.24, 2.45) is 5.92 Å². The van der Waals surface area contributed by atoms with E-state index in [4.69, 9.17) is 4.74 Å². The summed E-state index contributed by atoms with van der Waals surface area (Å²) >= 11 is 0. The van der Waals surface area contributed by atoms with Gasteiger partial charge in [0, 0.05) is 18.5 Å². The monoisotopic (exact) mass is 329 g/mol. The largest absolute Gasteiger partial charge is 0.364 e. The zero-order chi connectivity index (χ0) is 16.9. The summed E-state index contributed by atoms with van der Waals surface area (Å²) in [6.07, 6.45) is 2.23. The number of likely N-dealkylation sites (N-methyl/N-ethyl adjacent to an activating group) is 1. The Kier molecular flexibility index (Phi) is 2.22. The highest BCUT2D eigenvalue weighted by molar-refractivity contribution is 6.20. The maximum Gasteiger partial charge on any atom is 0.260 e. The number of carbonyl (C=O) groups is 2. The zero-order valence-corrected chi connectivity index (χ0v) is 13.6. The molecular formula is C21H15NO3. The van der Waals surface area contributed by atoms with Crippen LogP contribution < -0.4 is 0 Å². The normalized spacial score (nSPS) is 33.7. The molecule has 0 bridgehead atoms. The molecule has 1 saturated heterocycles. The van der Waals surface area contributed by atoms with Crippen molar-refractivity contribution < 1.29 is 14.3 Å². The molecule has 4 atom stereocenters. The molecule has 2 aromatic rings. The SMILES string of the molecule is CN1C(=O)c2cccc3c2[C@@]2(C1=O)C(c1ccccc1)=C[C@H]2[C@@H]1O[C@H]31. The molecular weight excluding hydrogens is 314 g/mol. The van der Waals surface area contributed by atoms with Crippen molar-refractivity contribution in [2.45, 2.75) is 17.6 Å². The molecule has 25 heavy (non-hydrogen) atoms. The molecule has 2 aromatic carbocycles. The van der Waals surface area contributed by atoms with Crippen molar-refractivity contribution in [1.29, 1.82) is 0 Å². The molecule has 1 fully saturated rings. The van der Waals surface area contributed by atoms with E-state index in [1.165, 1.54) is 4.90 Å². The number of rotatable bonds is 1. The predicted octanol–water partition coefficient (Wildman–Crippen LogP) is 2.70. The lowest BCUT2D eigenvalue weighted by molar-refractivity contribution is -0.134. The van der Waals surface area contributed by atoms with Crippen LogP contribution in [-0.4, -0.2) is 29.9 Å². The number of fused-ring (bicyclic) bond motifs is 3. The van der Waals surface area contributed by atoms with Crippen molar-refractivity contribution in [2.75, 3.05) is 7.05 Å². The number of amides is 2. The highest BCUT2D eigenvalue weighted by Gasteiger charge is 2.71. The third kappa shape index (κ3) is 1.32. The van der Waals surface area contributed by atoms with Gasteiger partial charge in [0.1, 0.15) is 11.5 Å². The lowest BCUT2D eigenvalue weighted by atomic mass is 9.49. The van der Waals surface area contributed by atoms with Gasteiger partial charge in [0.25, 0.3) is 5.91 Å². The van der Waals surface area contributed by atoms with Crippen LogP contribution in [0.5, 0.6) is 0 Å². The van der Waals surface area contributed by atoms with Gasteiger partial charge in [-0.15, -0.1) is 0 Å². The molecule has 0 unspecified atom stereocenters. The average molecular weight is 329 g/mol. The molecule has 2 aliphatic carbocycles. The van der Waals surface area contributed by atoms with E-state index in [9.17, 15) is 9.59 Å². The van der Waals surface area contributed by atoms with E-state index in [2.05, 4.69) is 6.08 Å². The minimum atomic E-state index is -0.784. The van der Waals surface area contributed by atoms with Gasteiger partial charge in [-0.1, -0.05) is 48.5 Å². The highest BCUT2D eigenvalue weighted by Crippen LogP contribution is 2.68. The second-order valence-electron chi connectivity index (χ2n) is 7.24. The maximum absolute atomic E-state index is 13.5. The molecule has 4 nitrogen and oxygen atoms in total. The Labute approximate surface area is 144 Å². The number of imide groups is 1. The van der Waals surface area contributed by atoms with Gasteiger partial charge >= 0.3 is 0 Å². The Morgan fingerprint density at radius 2 is 1.84 bits per heavy atom. The first kappa shape index (κ1) is 13.6. The Morgan fingerprint density at radius 1 is 1.04 bits per heavy atom. The second-order valence-corrected chi connectivity index (χ2v) is 7.24. The molecule has 6 rings (SSSR count). The lowest BCUT2D eigenvalue weighted by Crippen LogP contribution is -2.62. The molecule has 0 radical (unpaired) electrons. The smallest absolute Gasteiger partial charge is 0.260 e. The van der Waals surface area contributed by atoms with Gasteiger partial charge in [-0.05, 0) is 28.3 Å². The summed E-state index contributed by atoms with van der Waals surface area (Å²) < 4.78 is 5.92. The van der Waals surface area contributed by atoms with Crippen LogP contribution in [0.15, 0.2) is 54.6 Å². The Bertz CT molecular complexity index is 1010. The Morgan fingerprint density at radius 3 is 2.64 bits per heavy atom. The standard InChI is InChI=1S/C21H15NO3/c1-22-19(23)13-9-5-8-12-16(13)21(20(22)24)14(11-6-3-2-4-7-11)10-15(21)18-17(12)25-18/h2-10,15,17-18H,1H3/t15-,17+,18-,21+/m0/s1. The van der Waals surface area contributed by atoms with Crippen molar-refractivity contribution in [1.82, 2.24) is 4.90 Å². The molecule has 0 N–H and O–H groups in total. The number of hydrogen-bond acceptors (Lipinski definition) is 3. The molecule has 1 spiro atoms. The van der Waals surface area contributed by atoms with E-state index >= 15 is 0 Å². The summed E-state index contributed by atoms with van der Waals surface area (Å²) in [5.41, 5.74) is 3.79. The third-order valence-corrected chi connectivity index (χ3v) is 6.21. The van der Waals surface area contributed by atoms with Crippen LogP contribution in [0.25, 0.3) is 5.57 Å². The van der Waals surface area contributed by atoms with Crippen LogP contribution in [0, 0.1) is 5.92 Å². The van der Waals surface area contributed by atoms with E-state index in [0.29, 0.717) is 5.56 Å². The van der Waals surface area contributed by atoms with Crippen molar-refractivity contribution in [3.05, 3.63) is 76.9 Å². The van der Waals surface area contributed by atoms with E-state index in [1.807, 2.05) is 48.5 Å². The molecule has 4 aliphatic rings. The van der Waals surface area contributed by atoms with Crippen LogP contribution in [0.2, 0.25) is 0 Å². The summed E-state index contributed by atoms with van der Waals surface area (Å²) in [4.78, 5) is 27.5. The van der Waals surface area contributed by atoms with Crippen LogP contribution in [-0.2, 0) is 14.9 Å².